The predicted octanol–water partition coefficient (Wildman–Crippen LogP) is 1.15. The summed E-state index contributed by atoms with van der Waals surface area (Å²) in [5, 5.41) is 3.06. The van der Waals surface area contributed by atoms with Gasteiger partial charge in [0.15, 0.2) is 0 Å². The molecule has 0 saturated carbocycles. The molecule has 1 aromatic carbocycles. The fourth-order valence-electron chi connectivity index (χ4n) is 1.79. The largest absolute Gasteiger partial charge is 0.385 e. The lowest BCUT2D eigenvalue weighted by atomic mass is 10.1. The Kier molecular flexibility index (Phi) is 7.15. The maximum Gasteiger partial charge on any atom is 0.240 e. The summed E-state index contributed by atoms with van der Waals surface area (Å²) in [6.07, 6.45) is 1.53. The van der Waals surface area contributed by atoms with Gasteiger partial charge in [0.05, 0.1) is 4.90 Å². The Morgan fingerprint density at radius 3 is 2.45 bits per heavy atom. The summed E-state index contributed by atoms with van der Waals surface area (Å²) in [5.74, 6) is 0. The van der Waals surface area contributed by atoms with Crippen LogP contribution in [0.5, 0.6) is 0 Å². The van der Waals surface area contributed by atoms with Gasteiger partial charge in [0.2, 0.25) is 10.0 Å². The third-order valence-electron chi connectivity index (χ3n) is 3.01. The van der Waals surface area contributed by atoms with E-state index in [2.05, 4.69) is 10.0 Å². The number of benzene rings is 1. The van der Waals surface area contributed by atoms with Crippen LogP contribution in [0.1, 0.15) is 18.9 Å². The molecular formula is C14H24N2O3S. The molecule has 0 aliphatic rings. The molecule has 1 atom stereocenters. The van der Waals surface area contributed by atoms with E-state index in [0.29, 0.717) is 17.9 Å². The van der Waals surface area contributed by atoms with Crippen molar-refractivity contribution < 1.29 is 13.2 Å². The van der Waals surface area contributed by atoms with Crippen LogP contribution in [-0.2, 0) is 21.2 Å². The van der Waals surface area contributed by atoms with Gasteiger partial charge < -0.3 is 10.1 Å². The van der Waals surface area contributed by atoms with E-state index in [-0.39, 0.29) is 6.04 Å². The quantitative estimate of drug-likeness (QED) is 0.718. The second-order valence-corrected chi connectivity index (χ2v) is 6.52. The Bertz CT molecular complexity index is 486. The van der Waals surface area contributed by atoms with E-state index in [9.17, 15) is 8.42 Å². The van der Waals surface area contributed by atoms with Crippen LogP contribution in [0.25, 0.3) is 0 Å². The van der Waals surface area contributed by atoms with E-state index in [1.165, 1.54) is 0 Å². The highest BCUT2D eigenvalue weighted by Crippen LogP contribution is 2.12. The standard InChI is InChI=1S/C14H24N2O3S/c1-12(9-11-19-3)16-20(17,18)14-6-4-13(5-7-14)8-10-15-2/h4-7,12,15-16H,8-11H2,1-3H3. The first-order valence-electron chi connectivity index (χ1n) is 6.74. The number of sulfonamides is 1. The van der Waals surface area contributed by atoms with Crippen LogP contribution >= 0.6 is 0 Å². The molecule has 1 aromatic rings. The van der Waals surface area contributed by atoms with Crippen LogP contribution < -0.4 is 10.0 Å². The van der Waals surface area contributed by atoms with E-state index >= 15 is 0 Å². The molecule has 2 N–H and O–H groups in total. The molecule has 0 aliphatic heterocycles. The summed E-state index contributed by atoms with van der Waals surface area (Å²) in [5.41, 5.74) is 1.12. The van der Waals surface area contributed by atoms with Gasteiger partial charge in [-0.2, -0.15) is 0 Å². The number of hydrogen-bond acceptors (Lipinski definition) is 4. The van der Waals surface area contributed by atoms with Crippen molar-refractivity contribution in [3.63, 3.8) is 0 Å². The lowest BCUT2D eigenvalue weighted by molar-refractivity contribution is 0.188. The first-order valence-corrected chi connectivity index (χ1v) is 8.22. The molecular weight excluding hydrogens is 276 g/mol. The Balaban J connectivity index is 2.67. The van der Waals surface area contributed by atoms with Crippen molar-refractivity contribution in [3.05, 3.63) is 29.8 Å². The van der Waals surface area contributed by atoms with Crippen molar-refractivity contribution in [2.45, 2.75) is 30.7 Å². The minimum atomic E-state index is -3.45. The van der Waals surface area contributed by atoms with Crippen molar-refractivity contribution in [1.82, 2.24) is 10.0 Å². The molecule has 114 valence electrons. The second kappa shape index (κ2) is 8.36. The summed E-state index contributed by atoms with van der Waals surface area (Å²) in [6, 6.07) is 6.85. The molecule has 0 aromatic heterocycles. The summed E-state index contributed by atoms with van der Waals surface area (Å²) in [4.78, 5) is 0.301. The Labute approximate surface area is 121 Å². The highest BCUT2D eigenvalue weighted by molar-refractivity contribution is 7.89. The van der Waals surface area contributed by atoms with Gasteiger partial charge in [0.25, 0.3) is 0 Å². The number of hydrogen-bond donors (Lipinski definition) is 2. The Hall–Kier alpha value is -0.950. The van der Waals surface area contributed by atoms with Crippen LogP contribution in [0.2, 0.25) is 0 Å². The molecule has 0 saturated heterocycles. The van der Waals surface area contributed by atoms with Crippen LogP contribution in [0.4, 0.5) is 0 Å². The van der Waals surface area contributed by atoms with Gasteiger partial charge in [-0.25, -0.2) is 13.1 Å². The number of nitrogens with one attached hydrogen (secondary N) is 2. The van der Waals surface area contributed by atoms with Crippen molar-refractivity contribution in [1.29, 1.82) is 0 Å². The molecule has 0 bridgehead atoms. The third-order valence-corrected chi connectivity index (χ3v) is 4.61. The zero-order valence-electron chi connectivity index (χ0n) is 12.3. The third kappa shape index (κ3) is 5.58. The monoisotopic (exact) mass is 300 g/mol. The fraction of sp³-hybridized carbons (Fsp3) is 0.571. The molecule has 0 spiro atoms. The molecule has 6 heteroatoms. The lowest BCUT2D eigenvalue weighted by Gasteiger charge is -2.14. The zero-order chi connectivity index (χ0) is 15.0. The van der Waals surface area contributed by atoms with E-state index < -0.39 is 10.0 Å². The fourth-order valence-corrected chi connectivity index (χ4v) is 3.07. The van der Waals surface area contributed by atoms with E-state index in [4.69, 9.17) is 4.74 Å². The molecule has 0 heterocycles. The van der Waals surface area contributed by atoms with Gasteiger partial charge in [0, 0.05) is 19.8 Å². The molecule has 20 heavy (non-hydrogen) atoms. The lowest BCUT2D eigenvalue weighted by Crippen LogP contribution is -2.33. The predicted molar refractivity (Wildman–Crippen MR) is 80.3 cm³/mol. The maximum atomic E-state index is 12.2. The normalized spacial score (nSPS) is 13.3. The van der Waals surface area contributed by atoms with Crippen LogP contribution in [-0.4, -0.2) is 41.8 Å². The van der Waals surface area contributed by atoms with Gasteiger partial charge in [-0.3, -0.25) is 0 Å². The van der Waals surface area contributed by atoms with Gasteiger partial charge in [0.1, 0.15) is 0 Å². The van der Waals surface area contributed by atoms with E-state index in [1.807, 2.05) is 26.1 Å². The van der Waals surface area contributed by atoms with Crippen molar-refractivity contribution in [2.75, 3.05) is 27.3 Å². The first-order chi connectivity index (χ1) is 9.49. The minimum absolute atomic E-state index is 0.149. The van der Waals surface area contributed by atoms with Gasteiger partial charge >= 0.3 is 0 Å². The van der Waals surface area contributed by atoms with E-state index in [1.54, 1.807) is 19.2 Å². The van der Waals surface area contributed by atoms with E-state index in [0.717, 1.165) is 18.5 Å². The number of ether oxygens (including phenoxy) is 1. The van der Waals surface area contributed by atoms with Crippen LogP contribution in [0, 0.1) is 0 Å². The molecule has 0 amide bonds. The molecule has 0 aliphatic carbocycles. The van der Waals surface area contributed by atoms with Crippen molar-refractivity contribution in [2.24, 2.45) is 0 Å². The molecule has 1 unspecified atom stereocenters. The zero-order valence-corrected chi connectivity index (χ0v) is 13.2. The second-order valence-electron chi connectivity index (χ2n) is 4.80. The number of likely N-dealkylation sites (N-methyl/N-ethyl adjacent to an activating group) is 1. The molecule has 0 radical (unpaired) electrons. The smallest absolute Gasteiger partial charge is 0.240 e. The van der Waals surface area contributed by atoms with Crippen molar-refractivity contribution in [3.8, 4) is 0 Å². The average molecular weight is 300 g/mol. The maximum absolute atomic E-state index is 12.2. The Morgan fingerprint density at radius 2 is 1.90 bits per heavy atom. The minimum Gasteiger partial charge on any atom is -0.385 e. The summed E-state index contributed by atoms with van der Waals surface area (Å²) >= 11 is 0. The van der Waals surface area contributed by atoms with Crippen molar-refractivity contribution >= 4 is 10.0 Å². The van der Waals surface area contributed by atoms with Gasteiger partial charge in [-0.15, -0.1) is 0 Å². The SMILES string of the molecule is CNCCc1ccc(S(=O)(=O)NC(C)CCOC)cc1. The molecule has 0 fully saturated rings. The average Bonchev–Trinajstić information content (AvgIpc) is 2.43. The molecule has 5 nitrogen and oxygen atoms in total. The summed E-state index contributed by atoms with van der Waals surface area (Å²) in [6.45, 7) is 3.24. The van der Waals surface area contributed by atoms with Gasteiger partial charge in [-0.05, 0) is 51.1 Å². The summed E-state index contributed by atoms with van der Waals surface area (Å²) < 4.78 is 31.9. The number of methoxy groups -OCH3 is 1. The highest BCUT2D eigenvalue weighted by atomic mass is 32.2. The Morgan fingerprint density at radius 1 is 1.25 bits per heavy atom. The molecule has 1 rings (SSSR count). The summed E-state index contributed by atoms with van der Waals surface area (Å²) in [7, 11) is 0.0469. The van der Waals surface area contributed by atoms with Crippen LogP contribution in [0.15, 0.2) is 29.2 Å². The first kappa shape index (κ1) is 17.1. The highest BCUT2D eigenvalue weighted by Gasteiger charge is 2.16. The van der Waals surface area contributed by atoms with Gasteiger partial charge in [-0.1, -0.05) is 12.1 Å². The number of rotatable bonds is 9. The topological polar surface area (TPSA) is 67.4 Å². The van der Waals surface area contributed by atoms with Crippen LogP contribution in [0.3, 0.4) is 0 Å².